The van der Waals surface area contributed by atoms with E-state index < -0.39 is 12.6 Å². The molecule has 0 aromatic rings. The largest absolute Gasteiger partial charge is 0.478 e. The van der Waals surface area contributed by atoms with Gasteiger partial charge < -0.3 is 5.32 Å². The lowest BCUT2D eigenvalue weighted by Crippen LogP contribution is -2.17. The Morgan fingerprint density at radius 1 is 0.667 bits per heavy atom. The molecule has 0 aliphatic rings. The molecule has 0 unspecified atom stereocenters. The number of hydrogen-bond acceptors (Lipinski definition) is 0. The summed E-state index contributed by atoms with van der Waals surface area (Å²) in [6.07, 6.45) is -11.0. The van der Waals surface area contributed by atoms with Crippen molar-refractivity contribution in [3.63, 3.8) is 0 Å². The summed E-state index contributed by atoms with van der Waals surface area (Å²) in [7, 11) is 0. The van der Waals surface area contributed by atoms with Gasteiger partial charge >= 0.3 is 12.6 Å². The lowest BCUT2D eigenvalue weighted by atomic mass is 11.0. The predicted octanol–water partition coefficient (Wildman–Crippen LogP) is 2.40. The van der Waals surface area contributed by atoms with Gasteiger partial charge in [0.15, 0.2) is 0 Å². The van der Waals surface area contributed by atoms with Crippen molar-refractivity contribution in [3.8, 4) is 0 Å². The van der Waals surface area contributed by atoms with E-state index in [1.807, 2.05) is 0 Å². The highest BCUT2D eigenvalue weighted by Gasteiger charge is 2.27. The van der Waals surface area contributed by atoms with Gasteiger partial charge in [0.1, 0.15) is 0 Å². The van der Waals surface area contributed by atoms with Crippen molar-refractivity contribution >= 4 is 0 Å². The summed E-state index contributed by atoms with van der Waals surface area (Å²) < 4.78 is 64.0. The van der Waals surface area contributed by atoms with Crippen molar-refractivity contribution in [2.24, 2.45) is 0 Å². The summed E-state index contributed by atoms with van der Waals surface area (Å²) in [6, 6.07) is 0. The predicted molar refractivity (Wildman–Crippen MR) is 15.5 cm³/mol. The highest BCUT2D eigenvalue weighted by atomic mass is 19.4. The van der Waals surface area contributed by atoms with Crippen LogP contribution in [0.15, 0.2) is 0 Å². The molecule has 0 saturated carbocycles. The molecular formula is C2F6N-. The Labute approximate surface area is 45.6 Å². The van der Waals surface area contributed by atoms with Gasteiger partial charge in [0.25, 0.3) is 0 Å². The van der Waals surface area contributed by atoms with E-state index >= 15 is 0 Å². The van der Waals surface area contributed by atoms with E-state index in [1.165, 1.54) is 0 Å². The summed E-state index contributed by atoms with van der Waals surface area (Å²) in [6.45, 7) is 0. The van der Waals surface area contributed by atoms with Crippen LogP contribution in [-0.4, -0.2) is 12.6 Å². The van der Waals surface area contributed by atoms with E-state index in [-0.39, 0.29) is 0 Å². The van der Waals surface area contributed by atoms with Crippen LogP contribution in [0.1, 0.15) is 0 Å². The van der Waals surface area contributed by atoms with Gasteiger partial charge in [0, 0.05) is 0 Å². The van der Waals surface area contributed by atoms with Crippen LogP contribution in [-0.2, 0) is 0 Å². The Kier molecular flexibility index (Phi) is 1.95. The fraction of sp³-hybridized carbons (Fsp3) is 1.00. The molecule has 0 N–H and O–H groups in total. The maximum atomic E-state index is 10.7. The van der Waals surface area contributed by atoms with Gasteiger partial charge in [-0.05, 0) is 0 Å². The quantitative estimate of drug-likeness (QED) is 0.373. The number of rotatable bonds is 0. The zero-order valence-electron chi connectivity index (χ0n) is 3.72. The van der Waals surface area contributed by atoms with Crippen LogP contribution < -0.4 is 0 Å². The van der Waals surface area contributed by atoms with E-state index in [1.54, 1.807) is 0 Å². The van der Waals surface area contributed by atoms with E-state index in [0.717, 1.165) is 0 Å². The van der Waals surface area contributed by atoms with Gasteiger partial charge in [-0.15, -0.1) is 0 Å². The molecule has 7 heteroatoms. The zero-order chi connectivity index (χ0) is 7.71. The standard InChI is InChI=1S/C2F6N/c3-1(4,5)9-2(6,7)8/q-1. The van der Waals surface area contributed by atoms with Crippen LogP contribution >= 0.6 is 0 Å². The topological polar surface area (TPSA) is 14.1 Å². The second kappa shape index (κ2) is 2.05. The van der Waals surface area contributed by atoms with Crippen molar-refractivity contribution in [2.75, 3.05) is 0 Å². The normalized spacial score (nSPS) is 14.0. The molecule has 0 heterocycles. The molecule has 0 aliphatic carbocycles. The summed E-state index contributed by atoms with van der Waals surface area (Å²) in [4.78, 5) is 0. The fourth-order valence-corrected chi connectivity index (χ4v) is 0.144. The molecule has 0 spiro atoms. The van der Waals surface area contributed by atoms with Crippen molar-refractivity contribution in [2.45, 2.75) is 12.6 Å². The molecule has 0 bridgehead atoms. The smallest absolute Gasteiger partial charge is 0.318 e. The Bertz CT molecular complexity index is 76.2. The second-order valence-corrected chi connectivity index (χ2v) is 1.05. The zero-order valence-corrected chi connectivity index (χ0v) is 3.72. The van der Waals surface area contributed by atoms with Gasteiger partial charge in [-0.3, -0.25) is 0 Å². The third-order valence-corrected chi connectivity index (χ3v) is 0.254. The molecule has 0 aromatic heterocycles. The number of halogens is 6. The summed E-state index contributed by atoms with van der Waals surface area (Å²) in [5, 5.41) is 0.542. The van der Waals surface area contributed by atoms with Gasteiger partial charge in [0.2, 0.25) is 0 Å². The first-order valence-corrected chi connectivity index (χ1v) is 1.58. The first-order valence-electron chi connectivity index (χ1n) is 1.58. The fourth-order valence-electron chi connectivity index (χ4n) is 0.144. The molecule has 9 heavy (non-hydrogen) atoms. The molecule has 1 nitrogen and oxygen atoms in total. The molecule has 0 radical (unpaired) electrons. The summed E-state index contributed by atoms with van der Waals surface area (Å²) in [5.74, 6) is 0. The first-order chi connectivity index (χ1) is 3.71. The van der Waals surface area contributed by atoms with Crippen molar-refractivity contribution in [1.82, 2.24) is 0 Å². The molecule has 0 aromatic carbocycles. The molecule has 0 rings (SSSR count). The van der Waals surface area contributed by atoms with Crippen molar-refractivity contribution in [3.05, 3.63) is 5.32 Å². The Hall–Kier alpha value is -0.460. The van der Waals surface area contributed by atoms with Gasteiger partial charge in [0.05, 0.1) is 0 Å². The average Bonchev–Trinajstić information content (AvgIpc) is 1.14. The Morgan fingerprint density at radius 3 is 0.889 bits per heavy atom. The highest BCUT2D eigenvalue weighted by molar-refractivity contribution is 4.86. The van der Waals surface area contributed by atoms with Gasteiger partial charge in [-0.2, -0.15) is 26.3 Å². The number of nitrogens with zero attached hydrogens (tertiary/aromatic N) is 1. The number of hydrogen-bond donors (Lipinski definition) is 0. The minimum absolute atomic E-state index is 0.542. The molecule has 56 valence electrons. The first kappa shape index (κ1) is 8.54. The monoisotopic (exact) mass is 152 g/mol. The second-order valence-electron chi connectivity index (χ2n) is 1.05. The van der Waals surface area contributed by atoms with E-state index in [0.29, 0.717) is 5.32 Å². The highest BCUT2D eigenvalue weighted by Crippen LogP contribution is 2.34. The van der Waals surface area contributed by atoms with Crippen LogP contribution in [0.4, 0.5) is 26.3 Å². The lowest BCUT2D eigenvalue weighted by Gasteiger charge is -2.26. The maximum absolute atomic E-state index is 10.7. The van der Waals surface area contributed by atoms with E-state index in [4.69, 9.17) is 0 Å². The molecule has 0 fully saturated rings. The Morgan fingerprint density at radius 2 is 0.889 bits per heavy atom. The molecule has 0 saturated heterocycles. The van der Waals surface area contributed by atoms with E-state index in [2.05, 4.69) is 0 Å². The SMILES string of the molecule is FC(F)(F)[N-]C(F)(F)F. The molecule has 0 amide bonds. The van der Waals surface area contributed by atoms with Crippen molar-refractivity contribution in [1.29, 1.82) is 0 Å². The number of alkyl halides is 6. The maximum Gasteiger partial charge on any atom is 0.318 e. The summed E-state index contributed by atoms with van der Waals surface area (Å²) >= 11 is 0. The molecule has 0 aliphatic heterocycles. The van der Waals surface area contributed by atoms with E-state index in [9.17, 15) is 26.3 Å². The summed E-state index contributed by atoms with van der Waals surface area (Å²) in [5.41, 5.74) is 0. The lowest BCUT2D eigenvalue weighted by molar-refractivity contribution is -0.172. The third-order valence-electron chi connectivity index (χ3n) is 0.254. The van der Waals surface area contributed by atoms with Crippen LogP contribution in [0.25, 0.3) is 5.32 Å². The van der Waals surface area contributed by atoms with Crippen LogP contribution in [0.3, 0.4) is 0 Å². The van der Waals surface area contributed by atoms with Crippen LogP contribution in [0.5, 0.6) is 0 Å². The molecule has 0 atom stereocenters. The van der Waals surface area contributed by atoms with Crippen molar-refractivity contribution < 1.29 is 26.3 Å². The van der Waals surface area contributed by atoms with Crippen LogP contribution in [0.2, 0.25) is 0 Å². The van der Waals surface area contributed by atoms with Crippen LogP contribution in [0, 0.1) is 0 Å². The van der Waals surface area contributed by atoms with Gasteiger partial charge in [-0.1, -0.05) is 0 Å². The minimum Gasteiger partial charge on any atom is -0.478 e. The Balaban J connectivity index is 3.75. The van der Waals surface area contributed by atoms with Gasteiger partial charge in [-0.25, -0.2) is 0 Å². The molecular weight excluding hydrogens is 152 g/mol. The minimum atomic E-state index is -5.52. The third kappa shape index (κ3) is 7.54. The average molecular weight is 152 g/mol.